The molecular weight excluding hydrogens is 271 g/mol. The minimum absolute atomic E-state index is 0.174. The van der Waals surface area contributed by atoms with Gasteiger partial charge in [-0.05, 0) is 22.6 Å². The first kappa shape index (κ1) is 8.18. The molecule has 4 nitrogen and oxygen atoms in total. The molecule has 1 aromatic rings. The number of rotatable bonds is 2. The Kier molecular flexibility index (Phi) is 2.40. The fourth-order valence-electron chi connectivity index (χ4n) is 0.828. The molecule has 0 bridgehead atoms. The first-order chi connectivity index (χ1) is 5.86. The van der Waals surface area contributed by atoms with Crippen LogP contribution in [0.15, 0.2) is 12.5 Å². The van der Waals surface area contributed by atoms with Crippen molar-refractivity contribution < 1.29 is 9.47 Å². The van der Waals surface area contributed by atoms with Gasteiger partial charge in [0, 0.05) is 6.20 Å². The van der Waals surface area contributed by atoms with Crippen LogP contribution >= 0.6 is 22.6 Å². The van der Waals surface area contributed by atoms with Gasteiger partial charge in [0.05, 0.1) is 16.8 Å². The van der Waals surface area contributed by atoms with Crippen molar-refractivity contribution in [2.24, 2.45) is 0 Å². The van der Waals surface area contributed by atoms with Gasteiger partial charge >= 0.3 is 0 Å². The third-order valence-electron chi connectivity index (χ3n) is 1.52. The highest BCUT2D eigenvalue weighted by Crippen LogP contribution is 2.18. The molecule has 0 spiro atoms. The SMILES string of the molecule is Ic1cncnc1OC1COC1. The molecule has 0 aliphatic carbocycles. The van der Waals surface area contributed by atoms with E-state index in [0.717, 1.165) is 3.57 Å². The summed E-state index contributed by atoms with van der Waals surface area (Å²) in [6.07, 6.45) is 3.38. The lowest BCUT2D eigenvalue weighted by Crippen LogP contribution is -2.38. The molecule has 12 heavy (non-hydrogen) atoms. The smallest absolute Gasteiger partial charge is 0.230 e. The average molecular weight is 278 g/mol. The van der Waals surface area contributed by atoms with Gasteiger partial charge in [-0.15, -0.1) is 0 Å². The Bertz CT molecular complexity index is 278. The highest BCUT2D eigenvalue weighted by molar-refractivity contribution is 14.1. The van der Waals surface area contributed by atoms with E-state index < -0.39 is 0 Å². The standard InChI is InChI=1S/C7H7IN2O2/c8-6-1-9-4-10-7(6)12-5-2-11-3-5/h1,4-5H,2-3H2. The van der Waals surface area contributed by atoms with E-state index in [1.54, 1.807) is 6.20 Å². The van der Waals surface area contributed by atoms with Gasteiger partial charge in [0.2, 0.25) is 5.88 Å². The molecule has 1 aliphatic heterocycles. The van der Waals surface area contributed by atoms with Crippen molar-refractivity contribution in [1.29, 1.82) is 0 Å². The summed E-state index contributed by atoms with van der Waals surface area (Å²) < 4.78 is 11.4. The Morgan fingerprint density at radius 3 is 3.00 bits per heavy atom. The van der Waals surface area contributed by atoms with Crippen LogP contribution in [0.25, 0.3) is 0 Å². The monoisotopic (exact) mass is 278 g/mol. The summed E-state index contributed by atoms with van der Waals surface area (Å²) in [6, 6.07) is 0. The maximum Gasteiger partial charge on any atom is 0.230 e. The molecule has 0 atom stereocenters. The number of hydrogen-bond acceptors (Lipinski definition) is 4. The van der Waals surface area contributed by atoms with E-state index >= 15 is 0 Å². The summed E-state index contributed by atoms with van der Waals surface area (Å²) in [5, 5.41) is 0. The van der Waals surface area contributed by atoms with Crippen LogP contribution in [0.1, 0.15) is 0 Å². The maximum absolute atomic E-state index is 5.50. The number of hydrogen-bond donors (Lipinski definition) is 0. The summed E-state index contributed by atoms with van der Waals surface area (Å²) in [7, 11) is 0. The Balaban J connectivity index is 2.06. The molecule has 5 heteroatoms. The first-order valence-corrected chi connectivity index (χ1v) is 4.64. The van der Waals surface area contributed by atoms with Crippen molar-refractivity contribution >= 4 is 22.6 Å². The van der Waals surface area contributed by atoms with E-state index in [2.05, 4.69) is 32.6 Å². The third kappa shape index (κ3) is 1.66. The minimum Gasteiger partial charge on any atom is -0.469 e. The van der Waals surface area contributed by atoms with Crippen molar-refractivity contribution in [3.8, 4) is 5.88 Å². The van der Waals surface area contributed by atoms with Crippen molar-refractivity contribution in [3.63, 3.8) is 0 Å². The van der Waals surface area contributed by atoms with Gasteiger partial charge in [0.15, 0.2) is 0 Å². The highest BCUT2D eigenvalue weighted by atomic mass is 127. The van der Waals surface area contributed by atoms with Crippen LogP contribution in [0.4, 0.5) is 0 Å². The fraction of sp³-hybridized carbons (Fsp3) is 0.429. The second kappa shape index (κ2) is 3.53. The Morgan fingerprint density at radius 2 is 2.42 bits per heavy atom. The fourth-order valence-corrected chi connectivity index (χ4v) is 1.26. The van der Waals surface area contributed by atoms with Gasteiger partial charge in [-0.3, -0.25) is 0 Å². The molecule has 0 unspecified atom stereocenters. The van der Waals surface area contributed by atoms with Crippen LogP contribution in [0.5, 0.6) is 5.88 Å². The van der Waals surface area contributed by atoms with Gasteiger partial charge in [0.25, 0.3) is 0 Å². The minimum atomic E-state index is 0.174. The second-order valence-corrected chi connectivity index (χ2v) is 3.62. The Labute approximate surface area is 83.4 Å². The number of nitrogens with zero attached hydrogens (tertiary/aromatic N) is 2. The predicted molar refractivity (Wildman–Crippen MR) is 50.0 cm³/mol. The topological polar surface area (TPSA) is 44.2 Å². The molecule has 0 aromatic carbocycles. The van der Waals surface area contributed by atoms with Gasteiger partial charge in [-0.1, -0.05) is 0 Å². The quantitative estimate of drug-likeness (QED) is 0.753. The maximum atomic E-state index is 5.50. The van der Waals surface area contributed by atoms with Crippen molar-refractivity contribution in [3.05, 3.63) is 16.1 Å². The van der Waals surface area contributed by atoms with Crippen molar-refractivity contribution in [2.45, 2.75) is 6.10 Å². The number of ether oxygens (including phenoxy) is 2. The molecule has 64 valence electrons. The van der Waals surface area contributed by atoms with E-state index in [-0.39, 0.29) is 6.10 Å². The van der Waals surface area contributed by atoms with Crippen molar-refractivity contribution in [2.75, 3.05) is 13.2 Å². The largest absolute Gasteiger partial charge is 0.469 e. The lowest BCUT2D eigenvalue weighted by Gasteiger charge is -2.26. The normalized spacial score (nSPS) is 17.1. The van der Waals surface area contributed by atoms with Gasteiger partial charge in [-0.2, -0.15) is 0 Å². The zero-order valence-corrected chi connectivity index (χ0v) is 8.39. The number of aromatic nitrogens is 2. The highest BCUT2D eigenvalue weighted by Gasteiger charge is 2.21. The molecule has 0 saturated carbocycles. The molecule has 1 aliphatic rings. The first-order valence-electron chi connectivity index (χ1n) is 3.56. The van der Waals surface area contributed by atoms with Crippen LogP contribution in [0.2, 0.25) is 0 Å². The summed E-state index contributed by atoms with van der Waals surface area (Å²) in [4.78, 5) is 7.87. The molecule has 1 saturated heterocycles. The summed E-state index contributed by atoms with van der Waals surface area (Å²) in [6.45, 7) is 1.33. The zero-order chi connectivity index (χ0) is 8.39. The van der Waals surface area contributed by atoms with Crippen LogP contribution < -0.4 is 4.74 Å². The summed E-state index contributed by atoms with van der Waals surface area (Å²) in [5.74, 6) is 0.652. The molecule has 1 fully saturated rings. The van der Waals surface area contributed by atoms with E-state index in [9.17, 15) is 0 Å². The van der Waals surface area contributed by atoms with Crippen LogP contribution in [0.3, 0.4) is 0 Å². The molecule has 0 amide bonds. The molecule has 2 heterocycles. The summed E-state index contributed by atoms with van der Waals surface area (Å²) >= 11 is 2.14. The molecule has 0 radical (unpaired) electrons. The van der Waals surface area contributed by atoms with Crippen LogP contribution in [0, 0.1) is 3.57 Å². The van der Waals surface area contributed by atoms with E-state index in [4.69, 9.17) is 9.47 Å². The van der Waals surface area contributed by atoms with E-state index in [1.165, 1.54) is 6.33 Å². The van der Waals surface area contributed by atoms with Crippen LogP contribution in [-0.2, 0) is 4.74 Å². The van der Waals surface area contributed by atoms with Gasteiger partial charge in [0.1, 0.15) is 12.4 Å². The zero-order valence-electron chi connectivity index (χ0n) is 6.24. The Morgan fingerprint density at radius 1 is 1.58 bits per heavy atom. The second-order valence-electron chi connectivity index (χ2n) is 2.45. The molecule has 1 aromatic heterocycles. The average Bonchev–Trinajstić information content (AvgIpc) is 2.00. The van der Waals surface area contributed by atoms with Crippen LogP contribution in [-0.4, -0.2) is 29.3 Å². The predicted octanol–water partition coefficient (Wildman–Crippen LogP) is 0.859. The van der Waals surface area contributed by atoms with E-state index in [0.29, 0.717) is 19.1 Å². The van der Waals surface area contributed by atoms with Crippen molar-refractivity contribution in [1.82, 2.24) is 9.97 Å². The number of halogens is 1. The Hall–Kier alpha value is -0.430. The van der Waals surface area contributed by atoms with Gasteiger partial charge in [-0.25, -0.2) is 9.97 Å². The third-order valence-corrected chi connectivity index (χ3v) is 2.26. The molecule has 0 N–H and O–H groups in total. The summed E-state index contributed by atoms with van der Waals surface area (Å²) in [5.41, 5.74) is 0. The van der Waals surface area contributed by atoms with E-state index in [1.807, 2.05) is 0 Å². The molecular formula is C7H7IN2O2. The lowest BCUT2D eigenvalue weighted by atomic mass is 10.3. The lowest BCUT2D eigenvalue weighted by molar-refractivity contribution is -0.0817. The molecule has 2 rings (SSSR count). The van der Waals surface area contributed by atoms with Gasteiger partial charge < -0.3 is 9.47 Å².